The third-order valence-corrected chi connectivity index (χ3v) is 15.6. The molecule has 5 aliphatic heterocycles. The normalized spacial score (nSPS) is 27.0. The first kappa shape index (κ1) is 45.8. The smallest absolute Gasteiger partial charge is 0.255 e. The summed E-state index contributed by atoms with van der Waals surface area (Å²) < 4.78 is 22.2. The molecule has 352 valence electrons. The number of nitrogens with zero attached hydrogens (tertiary/aromatic N) is 2. The summed E-state index contributed by atoms with van der Waals surface area (Å²) in [6, 6.07) is 19.2. The zero-order chi connectivity index (χ0) is 47.9. The SMILES string of the molecule is COc1cc(C(=O)N2CCC[C@]3(C[C@@H]3C#Cc3cccc4c3CN([C@H]3CCC(=O)NC3=O)C4=O)C2)ccc1NC(=O)[C@@H]1N[C@@H](CC(C)(C)C)[C@@]2(CNc3cc(Cl)ccc32)[C@H]1c1cccc(Cl)c1F. The summed E-state index contributed by atoms with van der Waals surface area (Å²) in [7, 11) is 1.49. The Labute approximate surface area is 405 Å². The van der Waals surface area contributed by atoms with Crippen LogP contribution in [-0.4, -0.2) is 84.2 Å². The van der Waals surface area contributed by atoms with E-state index in [1.165, 1.54) is 18.1 Å². The number of imide groups is 1. The Hall–Kier alpha value is -5.94. The first-order chi connectivity index (χ1) is 32.5. The first-order valence-electron chi connectivity index (χ1n) is 23.3. The number of rotatable bonds is 7. The van der Waals surface area contributed by atoms with Crippen molar-refractivity contribution in [3.63, 3.8) is 0 Å². The predicted octanol–water partition coefficient (Wildman–Crippen LogP) is 8.06. The van der Waals surface area contributed by atoms with E-state index in [-0.39, 0.29) is 70.8 Å². The van der Waals surface area contributed by atoms with Crippen molar-refractivity contribution in [3.8, 4) is 17.6 Å². The highest BCUT2D eigenvalue weighted by atomic mass is 35.5. The van der Waals surface area contributed by atoms with E-state index in [9.17, 15) is 24.0 Å². The van der Waals surface area contributed by atoms with Crippen molar-refractivity contribution in [2.75, 3.05) is 37.4 Å². The van der Waals surface area contributed by atoms with Gasteiger partial charge in [0.15, 0.2) is 0 Å². The number of likely N-dealkylation sites (tertiary alicyclic amines) is 1. The van der Waals surface area contributed by atoms with Crippen LogP contribution in [0.3, 0.4) is 0 Å². The Morgan fingerprint density at radius 1 is 1.03 bits per heavy atom. The second kappa shape index (κ2) is 17.2. The van der Waals surface area contributed by atoms with E-state index in [1.807, 2.05) is 29.2 Å². The van der Waals surface area contributed by atoms with Gasteiger partial charge in [-0.3, -0.25) is 29.3 Å². The van der Waals surface area contributed by atoms with Crippen LogP contribution in [0, 0.1) is 34.4 Å². The van der Waals surface area contributed by atoms with Gasteiger partial charge in [0.1, 0.15) is 17.6 Å². The maximum absolute atomic E-state index is 16.3. The van der Waals surface area contributed by atoms with E-state index in [1.54, 1.807) is 42.5 Å². The van der Waals surface area contributed by atoms with E-state index in [0.717, 1.165) is 41.6 Å². The highest BCUT2D eigenvalue weighted by Crippen LogP contribution is 2.59. The van der Waals surface area contributed by atoms with E-state index in [0.29, 0.717) is 59.2 Å². The van der Waals surface area contributed by atoms with Crippen molar-refractivity contribution >= 4 is 64.1 Å². The summed E-state index contributed by atoms with van der Waals surface area (Å²) in [5.74, 6) is 4.36. The lowest BCUT2D eigenvalue weighted by atomic mass is 9.63. The lowest BCUT2D eigenvalue weighted by Crippen LogP contribution is -2.52. The summed E-state index contributed by atoms with van der Waals surface area (Å²) >= 11 is 12.9. The number of amides is 5. The van der Waals surface area contributed by atoms with Crippen molar-refractivity contribution in [3.05, 3.63) is 122 Å². The Kier molecular flexibility index (Phi) is 11.6. The summed E-state index contributed by atoms with van der Waals surface area (Å²) in [5, 5.41) is 13.2. The zero-order valence-corrected chi connectivity index (χ0v) is 39.9. The minimum atomic E-state index is -0.901. The molecule has 5 heterocycles. The van der Waals surface area contributed by atoms with Gasteiger partial charge in [0.2, 0.25) is 17.7 Å². The highest BCUT2D eigenvalue weighted by Gasteiger charge is 2.62. The van der Waals surface area contributed by atoms with Gasteiger partial charge in [-0.25, -0.2) is 4.39 Å². The van der Waals surface area contributed by atoms with Gasteiger partial charge in [0, 0.05) is 88.7 Å². The standard InChI is InChI=1S/C53H53Cl2FN6O6/c1-51(2,3)25-42-53(27-57-39-23-32(54)15-16-36(39)53)44(34-10-6-11-37(55)45(34)56)46(59-42)48(65)58-38-17-13-30(22-41(38)68-4)49(66)61-21-7-20-52(28-61)24-31(52)14-12-29-8-5-9-33-35(29)26-62(50(33)67)40-18-19-43(63)60-47(40)64/h5-6,8-11,13,15-17,22-23,31,40,42,44,46,57,59H,7,18-21,24-28H2,1-4H3,(H,58,65)(H,60,63,64)/t31-,40-,42-,44-,46+,52-,53-/m0/s1. The Morgan fingerprint density at radius 3 is 2.62 bits per heavy atom. The number of nitrogens with one attached hydrogen (secondary N) is 4. The minimum Gasteiger partial charge on any atom is -0.495 e. The summed E-state index contributed by atoms with van der Waals surface area (Å²) in [6.07, 6.45) is 3.74. The Bertz CT molecular complexity index is 2870. The minimum absolute atomic E-state index is 0.0274. The van der Waals surface area contributed by atoms with Crippen LogP contribution in [0.4, 0.5) is 15.8 Å². The molecule has 4 aromatic carbocycles. The molecule has 4 aromatic rings. The third-order valence-electron chi connectivity index (χ3n) is 15.1. The van der Waals surface area contributed by atoms with Crippen molar-refractivity contribution in [2.24, 2.45) is 16.7 Å². The molecular formula is C53H53Cl2FN6O6. The molecule has 1 aliphatic carbocycles. The third kappa shape index (κ3) is 7.98. The molecule has 0 radical (unpaired) electrons. The zero-order valence-electron chi connectivity index (χ0n) is 38.4. The molecule has 12 nitrogen and oxygen atoms in total. The largest absolute Gasteiger partial charge is 0.495 e. The van der Waals surface area contributed by atoms with Crippen LogP contribution in [0.2, 0.25) is 10.0 Å². The fourth-order valence-electron chi connectivity index (χ4n) is 11.8. The molecule has 1 saturated carbocycles. The van der Waals surface area contributed by atoms with Crippen molar-refractivity contribution in [2.45, 2.75) is 95.3 Å². The second-order valence-electron chi connectivity index (χ2n) is 20.5. The molecule has 4 fully saturated rings. The van der Waals surface area contributed by atoms with E-state index in [2.05, 4.69) is 53.9 Å². The van der Waals surface area contributed by atoms with Gasteiger partial charge in [-0.1, -0.05) is 80.1 Å². The van der Waals surface area contributed by atoms with Crippen LogP contribution < -0.4 is 26.0 Å². The van der Waals surface area contributed by atoms with Gasteiger partial charge in [0.05, 0.1) is 23.9 Å². The number of halogens is 3. The van der Waals surface area contributed by atoms with Crippen molar-refractivity contribution in [1.29, 1.82) is 0 Å². The molecule has 2 spiro atoms. The van der Waals surface area contributed by atoms with Gasteiger partial charge >= 0.3 is 0 Å². The van der Waals surface area contributed by atoms with Crippen molar-refractivity contribution < 1.29 is 33.1 Å². The number of anilines is 2. The van der Waals surface area contributed by atoms with Crippen LogP contribution in [0.15, 0.2) is 72.8 Å². The van der Waals surface area contributed by atoms with E-state index < -0.39 is 35.1 Å². The number of benzene rings is 4. The molecule has 4 N–H and O–H groups in total. The van der Waals surface area contributed by atoms with Gasteiger partial charge in [0.25, 0.3) is 11.8 Å². The quantitative estimate of drug-likeness (QED) is 0.108. The Morgan fingerprint density at radius 2 is 1.84 bits per heavy atom. The van der Waals surface area contributed by atoms with Crippen LogP contribution in [0.25, 0.3) is 0 Å². The topological polar surface area (TPSA) is 149 Å². The molecule has 3 saturated heterocycles. The fraction of sp³-hybridized carbons (Fsp3) is 0.415. The fourth-order valence-corrected chi connectivity index (χ4v) is 12.1. The molecule has 6 aliphatic rings. The Balaban J connectivity index is 0.864. The highest BCUT2D eigenvalue weighted by molar-refractivity contribution is 6.31. The maximum Gasteiger partial charge on any atom is 0.255 e. The second-order valence-corrected chi connectivity index (χ2v) is 21.4. The lowest BCUT2D eigenvalue weighted by molar-refractivity contribution is -0.137. The molecule has 10 rings (SSSR count). The number of methoxy groups -OCH3 is 1. The average Bonchev–Trinajstić information content (AvgIpc) is 3.51. The summed E-state index contributed by atoms with van der Waals surface area (Å²) in [5.41, 5.74) is 3.88. The molecule has 0 unspecified atom stereocenters. The number of hydrogen-bond acceptors (Lipinski definition) is 8. The number of hydrogen-bond donors (Lipinski definition) is 4. The molecule has 0 aromatic heterocycles. The lowest BCUT2D eigenvalue weighted by Gasteiger charge is -2.39. The van der Waals surface area contributed by atoms with Gasteiger partial charge < -0.3 is 30.5 Å². The average molecular weight is 960 g/mol. The molecule has 5 amide bonds. The first-order valence-corrected chi connectivity index (χ1v) is 24.1. The van der Waals surface area contributed by atoms with Crippen LogP contribution in [0.1, 0.15) is 108 Å². The van der Waals surface area contributed by atoms with Crippen molar-refractivity contribution in [1.82, 2.24) is 20.4 Å². The monoisotopic (exact) mass is 958 g/mol. The molecule has 15 heteroatoms. The molecule has 68 heavy (non-hydrogen) atoms. The van der Waals surface area contributed by atoms with Crippen LogP contribution >= 0.6 is 23.2 Å². The van der Waals surface area contributed by atoms with Gasteiger partial charge in [-0.05, 0) is 103 Å². The predicted molar refractivity (Wildman–Crippen MR) is 257 cm³/mol. The van der Waals surface area contributed by atoms with E-state index >= 15 is 4.39 Å². The van der Waals surface area contributed by atoms with Gasteiger partial charge in [-0.2, -0.15) is 0 Å². The molecule has 7 atom stereocenters. The number of carbonyl (C=O) groups is 5. The molecular weight excluding hydrogens is 907 g/mol. The van der Waals surface area contributed by atoms with Gasteiger partial charge in [-0.15, -0.1) is 0 Å². The van der Waals surface area contributed by atoms with Crippen LogP contribution in [0.5, 0.6) is 5.75 Å². The number of piperidine rings is 2. The maximum atomic E-state index is 16.3. The summed E-state index contributed by atoms with van der Waals surface area (Å²) in [6.45, 7) is 8.25. The number of fused-ring (bicyclic) bond motifs is 3. The summed E-state index contributed by atoms with van der Waals surface area (Å²) in [4.78, 5) is 70.2. The van der Waals surface area contributed by atoms with Crippen LogP contribution in [-0.2, 0) is 26.3 Å². The number of carbonyl (C=O) groups excluding carboxylic acids is 5. The number of ether oxygens (including phenoxy) is 1. The van der Waals surface area contributed by atoms with E-state index in [4.69, 9.17) is 27.9 Å². The molecule has 0 bridgehead atoms.